The molecular weight excluding hydrogens is 419 g/mol. The third-order valence-electron chi connectivity index (χ3n) is 4.31. The summed E-state index contributed by atoms with van der Waals surface area (Å²) in [6.45, 7) is 0. The van der Waals surface area contributed by atoms with Crippen LogP contribution < -0.4 is 10.6 Å². The molecule has 1 aromatic heterocycles. The largest absolute Gasteiger partial charge is 0.339 e. The molecule has 8 heteroatoms. The number of aryl methyl sites for hydroxylation is 1. The number of Topliss-reactive ketones (excluding diaryl/α,β-unsaturated/α-hetero) is 1. The van der Waals surface area contributed by atoms with Crippen molar-refractivity contribution in [3.8, 4) is 0 Å². The first-order valence-electron chi connectivity index (χ1n) is 8.68. The topological polar surface area (TPSA) is 66.9 Å². The summed E-state index contributed by atoms with van der Waals surface area (Å²) in [6, 6.07) is 12.3. The minimum Gasteiger partial charge on any atom is -0.339 e. The fourth-order valence-electron chi connectivity index (χ4n) is 3.09. The number of carbonyl (C=O) groups excluding carboxylic acids is 1. The van der Waals surface area contributed by atoms with E-state index < -0.39 is 0 Å². The highest BCUT2D eigenvalue weighted by molar-refractivity contribution is 6.35. The number of rotatable bonds is 4. The molecule has 28 heavy (non-hydrogen) atoms. The molecule has 3 aromatic rings. The lowest BCUT2D eigenvalue weighted by atomic mass is 9.95. The number of carbonyl (C=O) groups is 1. The van der Waals surface area contributed by atoms with Crippen molar-refractivity contribution in [1.82, 2.24) is 9.97 Å². The Bertz CT molecular complexity index is 1030. The monoisotopic (exact) mass is 432 g/mol. The van der Waals surface area contributed by atoms with Crippen molar-refractivity contribution in [2.75, 3.05) is 10.6 Å². The van der Waals surface area contributed by atoms with Crippen molar-refractivity contribution in [3.63, 3.8) is 0 Å². The molecule has 5 nitrogen and oxygen atoms in total. The van der Waals surface area contributed by atoms with Crippen LogP contribution >= 0.6 is 34.8 Å². The van der Waals surface area contributed by atoms with Crippen LogP contribution in [0.2, 0.25) is 15.1 Å². The number of aromatic nitrogens is 2. The molecule has 0 aliphatic heterocycles. The molecule has 0 atom stereocenters. The second kappa shape index (κ2) is 7.95. The first kappa shape index (κ1) is 19.0. The molecule has 4 rings (SSSR count). The Hall–Kier alpha value is -2.34. The summed E-state index contributed by atoms with van der Waals surface area (Å²) < 4.78 is 0. The van der Waals surface area contributed by atoms with Gasteiger partial charge in [0.2, 0.25) is 5.95 Å². The van der Waals surface area contributed by atoms with E-state index in [-0.39, 0.29) is 5.78 Å². The number of benzene rings is 2. The fraction of sp³-hybridized carbons (Fsp3) is 0.150. The van der Waals surface area contributed by atoms with Crippen molar-refractivity contribution >= 4 is 63.7 Å². The van der Waals surface area contributed by atoms with Crippen molar-refractivity contribution in [2.45, 2.75) is 19.3 Å². The zero-order valence-electron chi connectivity index (χ0n) is 14.6. The van der Waals surface area contributed by atoms with Gasteiger partial charge in [0.1, 0.15) is 5.82 Å². The third-order valence-corrected chi connectivity index (χ3v) is 4.99. The molecule has 0 radical (unpaired) electrons. The molecule has 0 spiro atoms. The van der Waals surface area contributed by atoms with Crippen molar-refractivity contribution in [1.29, 1.82) is 0 Å². The van der Waals surface area contributed by atoms with Crippen LogP contribution in [-0.4, -0.2) is 15.8 Å². The van der Waals surface area contributed by atoms with Gasteiger partial charge in [0.05, 0.1) is 11.3 Å². The Morgan fingerprint density at radius 1 is 0.786 bits per heavy atom. The van der Waals surface area contributed by atoms with E-state index >= 15 is 0 Å². The van der Waals surface area contributed by atoms with Gasteiger partial charge in [0, 0.05) is 32.9 Å². The van der Waals surface area contributed by atoms with Crippen LogP contribution in [-0.2, 0) is 6.42 Å². The van der Waals surface area contributed by atoms with Crippen LogP contribution in [0.25, 0.3) is 0 Å². The van der Waals surface area contributed by atoms with Gasteiger partial charge in [-0.15, -0.1) is 0 Å². The molecule has 142 valence electrons. The molecule has 0 amide bonds. The minimum absolute atomic E-state index is 0.0231. The van der Waals surface area contributed by atoms with Gasteiger partial charge in [0.15, 0.2) is 5.78 Å². The normalized spacial score (nSPS) is 13.2. The summed E-state index contributed by atoms with van der Waals surface area (Å²) in [5, 5.41) is 7.96. The summed E-state index contributed by atoms with van der Waals surface area (Å²) in [5.41, 5.74) is 2.68. The highest BCUT2D eigenvalue weighted by Crippen LogP contribution is 2.31. The molecule has 1 aliphatic rings. The van der Waals surface area contributed by atoms with E-state index in [0.29, 0.717) is 50.9 Å². The zero-order valence-corrected chi connectivity index (χ0v) is 16.9. The van der Waals surface area contributed by atoms with Crippen LogP contribution in [0.1, 0.15) is 28.9 Å². The van der Waals surface area contributed by atoms with Gasteiger partial charge in [-0.2, -0.15) is 4.98 Å². The standard InChI is InChI=1S/C20H15Cl3N4O/c21-11-4-6-14(7-5-11)25-20-26-16-2-1-3-17(28)18(16)19(27-20)24-15-9-12(22)8-13(23)10-15/h4-10H,1-3H2,(H2,24,25,26,27). The highest BCUT2D eigenvalue weighted by Gasteiger charge is 2.25. The molecule has 2 aromatic carbocycles. The summed E-state index contributed by atoms with van der Waals surface area (Å²) in [5.74, 6) is 0.853. The fourth-order valence-corrected chi connectivity index (χ4v) is 3.75. The Morgan fingerprint density at radius 3 is 2.21 bits per heavy atom. The molecule has 1 aliphatic carbocycles. The average molecular weight is 434 g/mol. The van der Waals surface area contributed by atoms with Crippen LogP contribution in [0.15, 0.2) is 42.5 Å². The molecule has 0 fully saturated rings. The van der Waals surface area contributed by atoms with E-state index in [1.807, 2.05) is 12.1 Å². The highest BCUT2D eigenvalue weighted by atomic mass is 35.5. The van der Waals surface area contributed by atoms with Gasteiger partial charge in [0.25, 0.3) is 0 Å². The quantitative estimate of drug-likeness (QED) is 0.495. The Balaban J connectivity index is 1.74. The number of ketones is 1. The van der Waals surface area contributed by atoms with Crippen molar-refractivity contribution in [2.24, 2.45) is 0 Å². The lowest BCUT2D eigenvalue weighted by molar-refractivity contribution is 0.0972. The van der Waals surface area contributed by atoms with Gasteiger partial charge < -0.3 is 10.6 Å². The SMILES string of the molecule is O=C1CCCc2nc(Nc3ccc(Cl)cc3)nc(Nc3cc(Cl)cc(Cl)c3)c21. The first-order valence-corrected chi connectivity index (χ1v) is 9.81. The maximum Gasteiger partial charge on any atom is 0.229 e. The molecule has 0 saturated heterocycles. The summed E-state index contributed by atoms with van der Waals surface area (Å²) in [7, 11) is 0. The van der Waals surface area contributed by atoms with E-state index in [4.69, 9.17) is 34.8 Å². The van der Waals surface area contributed by atoms with E-state index in [0.717, 1.165) is 17.8 Å². The van der Waals surface area contributed by atoms with E-state index in [9.17, 15) is 4.79 Å². The predicted molar refractivity (Wildman–Crippen MR) is 114 cm³/mol. The Kier molecular flexibility index (Phi) is 5.40. The van der Waals surface area contributed by atoms with E-state index in [1.165, 1.54) is 0 Å². The molecule has 0 unspecified atom stereocenters. The number of hydrogen-bond acceptors (Lipinski definition) is 5. The predicted octanol–water partition coefficient (Wildman–Crippen LogP) is 6.44. The molecule has 1 heterocycles. The van der Waals surface area contributed by atoms with Crippen molar-refractivity contribution < 1.29 is 4.79 Å². The lowest BCUT2D eigenvalue weighted by Crippen LogP contribution is -2.17. The molecule has 2 N–H and O–H groups in total. The summed E-state index contributed by atoms with van der Waals surface area (Å²) in [6.07, 6.45) is 1.96. The number of nitrogens with one attached hydrogen (secondary N) is 2. The Labute approximate surface area is 177 Å². The molecular formula is C20H15Cl3N4O. The summed E-state index contributed by atoms with van der Waals surface area (Å²) >= 11 is 18.1. The zero-order chi connectivity index (χ0) is 19.7. The van der Waals surface area contributed by atoms with Gasteiger partial charge in [-0.25, -0.2) is 4.98 Å². The van der Waals surface area contributed by atoms with Crippen molar-refractivity contribution in [3.05, 3.63) is 68.8 Å². The first-order chi connectivity index (χ1) is 13.5. The maximum absolute atomic E-state index is 12.5. The minimum atomic E-state index is 0.0231. The number of nitrogens with zero attached hydrogens (tertiary/aromatic N) is 2. The van der Waals surface area contributed by atoms with E-state index in [1.54, 1.807) is 30.3 Å². The summed E-state index contributed by atoms with van der Waals surface area (Å²) in [4.78, 5) is 21.6. The number of hydrogen-bond donors (Lipinski definition) is 2. The van der Waals surface area contributed by atoms with E-state index in [2.05, 4.69) is 20.6 Å². The number of anilines is 4. The third kappa shape index (κ3) is 4.22. The van der Waals surface area contributed by atoms with Crippen LogP contribution in [0.4, 0.5) is 23.1 Å². The van der Waals surface area contributed by atoms with Crippen LogP contribution in [0.3, 0.4) is 0 Å². The smallest absolute Gasteiger partial charge is 0.229 e. The number of halogens is 3. The average Bonchev–Trinajstić information content (AvgIpc) is 2.63. The van der Waals surface area contributed by atoms with Crippen LogP contribution in [0.5, 0.6) is 0 Å². The molecule has 0 bridgehead atoms. The number of fused-ring (bicyclic) bond motifs is 1. The van der Waals surface area contributed by atoms with Gasteiger partial charge in [-0.3, -0.25) is 4.79 Å². The lowest BCUT2D eigenvalue weighted by Gasteiger charge is -2.19. The van der Waals surface area contributed by atoms with Gasteiger partial charge >= 0.3 is 0 Å². The second-order valence-electron chi connectivity index (χ2n) is 6.41. The van der Waals surface area contributed by atoms with Gasteiger partial charge in [-0.1, -0.05) is 34.8 Å². The molecule has 0 saturated carbocycles. The maximum atomic E-state index is 12.5. The second-order valence-corrected chi connectivity index (χ2v) is 7.72. The van der Waals surface area contributed by atoms with Gasteiger partial charge in [-0.05, 0) is 55.3 Å². The van der Waals surface area contributed by atoms with Crippen LogP contribution in [0, 0.1) is 0 Å². The Morgan fingerprint density at radius 2 is 1.50 bits per heavy atom.